The molecule has 38 heteroatoms. The molecule has 73 heavy (non-hydrogen) atoms. The second-order valence-electron chi connectivity index (χ2n) is 13.9. The Morgan fingerprint density at radius 2 is 0.877 bits per heavy atom. The number of nitrogens with zero attached hydrogens (tertiary/aromatic N) is 8. The van der Waals surface area contributed by atoms with Gasteiger partial charge in [-0.3, -0.25) is 54.1 Å². The monoisotopic (exact) mass is 1100 g/mol. The topological polar surface area (TPSA) is 516 Å². The summed E-state index contributed by atoms with van der Waals surface area (Å²) in [5.41, 5.74) is -6.43. The molecule has 11 N–H and O–H groups in total. The van der Waals surface area contributed by atoms with Gasteiger partial charge >= 0.3 is 11.4 Å². The first-order chi connectivity index (χ1) is 33.2. The number of nitrogens with two attached hydrogens (primary N) is 1. The van der Waals surface area contributed by atoms with E-state index in [0.717, 1.165) is 12.1 Å². The molecule has 0 bridgehead atoms. The van der Waals surface area contributed by atoms with Gasteiger partial charge in [0, 0.05) is 23.5 Å². The number of hydrogen-bond donors (Lipinski definition) is 10. The van der Waals surface area contributed by atoms with Gasteiger partial charge < -0.3 is 35.1 Å². The molecular weight excluding hydrogens is 1080 g/mol. The summed E-state index contributed by atoms with van der Waals surface area (Å²) in [5, 5.41) is 74.5. The minimum atomic E-state index is -5.62. The molecule has 0 aliphatic heterocycles. The van der Waals surface area contributed by atoms with Crippen molar-refractivity contribution in [2.45, 2.75) is 27.0 Å². The highest BCUT2D eigenvalue weighted by molar-refractivity contribution is 8.19. The molecule has 0 amide bonds. The Balaban J connectivity index is 0.00000988. The van der Waals surface area contributed by atoms with Crippen LogP contribution in [-0.2, 0) is 30.4 Å². The third kappa shape index (κ3) is 11.6. The van der Waals surface area contributed by atoms with Crippen LogP contribution in [0.25, 0.3) is 10.8 Å². The van der Waals surface area contributed by atoms with Gasteiger partial charge in [-0.15, -0.1) is 20.5 Å². The lowest BCUT2D eigenvalue weighted by atomic mass is 10.1. The normalized spacial score (nSPS) is 12.4. The second kappa shape index (κ2) is 19.9. The number of nitrogens with one attached hydrogen (secondary N) is 2. The maximum absolute atomic E-state index is 14.5. The minimum Gasteiger partial charge on any atom is -0.505 e. The predicted molar refractivity (Wildman–Crippen MR) is 247 cm³/mol. The minimum absolute atomic E-state index is 0. The van der Waals surface area contributed by atoms with E-state index in [4.69, 9.17) is 5.73 Å². The number of azo groups is 2. The average molecular weight is 1100 g/mol. The Kier molecular flexibility index (Phi) is 15.1. The lowest BCUT2D eigenvalue weighted by Crippen LogP contribution is -2.03. The summed E-state index contributed by atoms with van der Waals surface area (Å²) in [7, 11) is -21.4. The van der Waals surface area contributed by atoms with E-state index in [2.05, 4.69) is 31.1 Å². The highest BCUT2D eigenvalue weighted by Gasteiger charge is 2.31. The molecule has 0 heterocycles. The highest BCUT2D eigenvalue weighted by Crippen LogP contribution is 2.56. The molecule has 32 nitrogen and oxygen atoms in total. The number of nitrogen functional groups attached to an aromatic ring is 1. The van der Waals surface area contributed by atoms with E-state index < -0.39 is 183 Å². The Labute approximate surface area is 405 Å². The molecule has 0 aliphatic rings. The van der Waals surface area contributed by atoms with E-state index in [0.29, 0.717) is 48.5 Å². The zero-order chi connectivity index (χ0) is 53.7. The molecule has 0 saturated heterocycles. The number of fused-ring (bicyclic) bond motifs is 1. The molecule has 0 radical (unpaired) electrons. The first kappa shape index (κ1) is 55.3. The quantitative estimate of drug-likeness (QED) is 0.0142. The van der Waals surface area contributed by atoms with E-state index in [-0.39, 0.29) is 19.6 Å². The molecule has 0 spiro atoms. The Bertz CT molecular complexity index is 3800. The summed E-state index contributed by atoms with van der Waals surface area (Å²) in [6.07, 6.45) is 0. The van der Waals surface area contributed by atoms with E-state index >= 15 is 0 Å². The molecule has 6 rings (SSSR count). The molecule has 0 aliphatic carbocycles. The van der Waals surface area contributed by atoms with Crippen LogP contribution >= 0.6 is 10.9 Å². The van der Waals surface area contributed by atoms with Crippen molar-refractivity contribution < 1.29 is 86.2 Å². The molecule has 6 aromatic rings. The molecule has 0 saturated carbocycles. The Morgan fingerprint density at radius 3 is 1.23 bits per heavy atom. The lowest BCUT2D eigenvalue weighted by molar-refractivity contribution is -0.395. The SMILES string of the molecule is C.Nc1c(N=Nc2cc(Nc3cc(F)c([N+](=O)[O-])cc3[N+](=O)[O-])ccc2S(=O)(=O)O)c(S(O)(O)O)cc2cc(S(=O)(=O)O)c(N=Nc3cc(Nc4cc(F)c([N+](=O)[O-])cc4[N+](=O)[O-])ccc3S(=O)(=O)O)c(O)c12. The average Bonchev–Trinajstić information content (AvgIpc) is 3.23. The summed E-state index contributed by atoms with van der Waals surface area (Å²) >= 11 is 0. The standard InChI is InChI=1S/C34H23F2N11O21S4.CH4/c35-16-9-18(24(46(53)54)11-22(16)44(49)50)38-14-1-3-26(69(57,58)59)20(7-14)40-42-32-28(71(63,64)65)5-13-6-29(72(66,67)68)33(34(48)30(13)31(32)37)43-41-21-8-15(2-4-27(21)70(60,61)62)39-19-10-17(36)23(45(51)52)12-25(19)47(55)56;/h1-12,38-39,48,63-65H,37H2,(H,57,58,59)(H,60,61,62)(H,66,67,68);1H4. The number of nitro groups is 4. The van der Waals surface area contributed by atoms with Crippen LogP contribution in [0.3, 0.4) is 0 Å². The Hall–Kier alpha value is -8.60. The number of phenolic OH excluding ortho intramolecular Hbond substituents is 1. The van der Waals surface area contributed by atoms with Crippen LogP contribution in [0.2, 0.25) is 0 Å². The van der Waals surface area contributed by atoms with Gasteiger partial charge in [0.25, 0.3) is 41.7 Å². The van der Waals surface area contributed by atoms with Crippen LogP contribution < -0.4 is 16.4 Å². The van der Waals surface area contributed by atoms with E-state index in [1.54, 1.807) is 0 Å². The molecule has 0 unspecified atom stereocenters. The summed E-state index contributed by atoms with van der Waals surface area (Å²) in [4.78, 5) is 36.0. The van der Waals surface area contributed by atoms with Crippen LogP contribution in [0.5, 0.6) is 5.75 Å². The number of benzene rings is 6. The van der Waals surface area contributed by atoms with Crippen molar-refractivity contribution in [2.75, 3.05) is 16.4 Å². The van der Waals surface area contributed by atoms with Crippen molar-refractivity contribution in [2.24, 2.45) is 20.5 Å². The third-order valence-electron chi connectivity index (χ3n) is 9.35. The number of nitro benzene ring substituents is 4. The summed E-state index contributed by atoms with van der Waals surface area (Å²) in [6.45, 7) is 0. The van der Waals surface area contributed by atoms with Crippen LogP contribution in [0, 0.1) is 52.1 Å². The van der Waals surface area contributed by atoms with Gasteiger partial charge in [-0.05, 0) is 53.9 Å². The fraction of sp³-hybridized carbons (Fsp3) is 0.0286. The van der Waals surface area contributed by atoms with Crippen molar-refractivity contribution in [3.8, 4) is 5.75 Å². The van der Waals surface area contributed by atoms with Gasteiger partial charge in [0.1, 0.15) is 59.7 Å². The van der Waals surface area contributed by atoms with Gasteiger partial charge in [0.15, 0.2) is 5.75 Å². The maximum Gasteiger partial charge on any atom is 0.311 e. The first-order valence-corrected chi connectivity index (χ1v) is 24.0. The van der Waals surface area contributed by atoms with Gasteiger partial charge in [-0.1, -0.05) is 7.43 Å². The van der Waals surface area contributed by atoms with E-state index in [1.165, 1.54) is 0 Å². The van der Waals surface area contributed by atoms with Gasteiger partial charge in [0.05, 0.1) is 47.8 Å². The largest absolute Gasteiger partial charge is 0.505 e. The summed E-state index contributed by atoms with van der Waals surface area (Å²) in [6, 6.07) is 6.15. The van der Waals surface area contributed by atoms with Crippen molar-refractivity contribution >= 4 is 126 Å². The Morgan fingerprint density at radius 1 is 0.507 bits per heavy atom. The third-order valence-corrected chi connectivity index (χ3v) is 12.9. The number of anilines is 5. The summed E-state index contributed by atoms with van der Waals surface area (Å²) < 4.78 is 165. The van der Waals surface area contributed by atoms with Crippen LogP contribution in [0.15, 0.2) is 113 Å². The molecule has 0 atom stereocenters. The van der Waals surface area contributed by atoms with Crippen LogP contribution in [0.4, 0.5) is 82.7 Å². The first-order valence-electron chi connectivity index (χ1n) is 18.1. The molecular formula is C35H27F2N11O21S4. The van der Waals surface area contributed by atoms with Gasteiger partial charge in [-0.25, -0.2) is 0 Å². The molecule has 6 aromatic carbocycles. The smallest absolute Gasteiger partial charge is 0.311 e. The summed E-state index contributed by atoms with van der Waals surface area (Å²) in [5.74, 6) is -4.60. The lowest BCUT2D eigenvalue weighted by Gasteiger charge is -2.23. The number of rotatable bonds is 16. The maximum atomic E-state index is 14.5. The number of aromatic hydroxyl groups is 1. The highest BCUT2D eigenvalue weighted by atomic mass is 32.3. The zero-order valence-electron chi connectivity index (χ0n) is 34.3. The number of phenols is 1. The van der Waals surface area contributed by atoms with E-state index in [1.807, 2.05) is 0 Å². The molecule has 386 valence electrons. The van der Waals surface area contributed by atoms with E-state index in [9.17, 15) is 107 Å². The van der Waals surface area contributed by atoms with Crippen molar-refractivity contribution in [1.82, 2.24) is 0 Å². The molecule has 0 fully saturated rings. The van der Waals surface area contributed by atoms with Crippen LogP contribution in [0.1, 0.15) is 7.43 Å². The predicted octanol–water partition coefficient (Wildman–Crippen LogP) is 9.32. The second-order valence-corrected chi connectivity index (χ2v) is 19.6. The van der Waals surface area contributed by atoms with Gasteiger partial charge in [0.2, 0.25) is 11.6 Å². The van der Waals surface area contributed by atoms with Gasteiger partial charge in [-0.2, -0.15) is 34.0 Å². The number of hydrogen-bond acceptors (Lipinski definition) is 25. The zero-order valence-corrected chi connectivity index (χ0v) is 37.6. The van der Waals surface area contributed by atoms with Crippen LogP contribution in [-0.4, -0.2) is 77.4 Å². The fourth-order valence-electron chi connectivity index (χ4n) is 6.30. The molecule has 0 aromatic heterocycles. The van der Waals surface area contributed by atoms with Crippen molar-refractivity contribution in [3.63, 3.8) is 0 Å². The van der Waals surface area contributed by atoms with Crippen molar-refractivity contribution in [1.29, 1.82) is 0 Å². The fourth-order valence-corrected chi connectivity index (χ4v) is 8.86. The van der Waals surface area contributed by atoms with Crippen molar-refractivity contribution in [3.05, 3.63) is 125 Å². The number of halogens is 2.